The van der Waals surface area contributed by atoms with Gasteiger partial charge in [0.2, 0.25) is 5.91 Å². The molecule has 0 aliphatic carbocycles. The van der Waals surface area contributed by atoms with Crippen molar-refractivity contribution in [2.24, 2.45) is 0 Å². The van der Waals surface area contributed by atoms with E-state index in [1.54, 1.807) is 12.1 Å². The Labute approximate surface area is 123 Å². The van der Waals surface area contributed by atoms with E-state index in [4.69, 9.17) is 5.11 Å². The molecule has 9 heteroatoms. The first-order valence-corrected chi connectivity index (χ1v) is 6.68. The van der Waals surface area contributed by atoms with E-state index in [0.29, 0.717) is 15.6 Å². The molecule has 110 valence electrons. The highest BCUT2D eigenvalue weighted by Gasteiger charge is 2.11. The molecule has 0 saturated heterocycles. The van der Waals surface area contributed by atoms with E-state index in [0.717, 1.165) is 11.3 Å². The normalized spacial score (nSPS) is 10.1. The van der Waals surface area contributed by atoms with Crippen LogP contribution in [0.1, 0.15) is 16.6 Å². The van der Waals surface area contributed by atoms with Gasteiger partial charge in [0.25, 0.3) is 5.91 Å². The van der Waals surface area contributed by atoms with Crippen LogP contribution >= 0.6 is 11.3 Å². The third-order valence-electron chi connectivity index (χ3n) is 2.32. The van der Waals surface area contributed by atoms with E-state index in [1.165, 1.54) is 24.0 Å². The van der Waals surface area contributed by atoms with Crippen LogP contribution in [0, 0.1) is 0 Å². The maximum absolute atomic E-state index is 12.0. The van der Waals surface area contributed by atoms with Crippen LogP contribution < -0.4 is 10.6 Å². The molecule has 21 heavy (non-hydrogen) atoms. The van der Waals surface area contributed by atoms with E-state index in [9.17, 15) is 14.4 Å². The molecule has 0 spiro atoms. The number of aromatic nitrogens is 2. The van der Waals surface area contributed by atoms with Gasteiger partial charge >= 0.3 is 5.97 Å². The fraction of sp³-hybridized carbons (Fsp3) is 0.167. The highest BCUT2D eigenvalue weighted by atomic mass is 32.1. The standard InChI is InChI=1S/C12H12N4O4S/c1-7(17)14-10-3-2-9(21-10)12(20)15-8-4-13-16(5-8)6-11(18)19/h2-5H,6H2,1H3,(H,14,17)(H,15,20)(H,18,19). The Morgan fingerprint density at radius 1 is 1.33 bits per heavy atom. The number of thiophene rings is 1. The molecular formula is C12H12N4O4S. The second kappa shape index (κ2) is 6.18. The van der Waals surface area contributed by atoms with Gasteiger partial charge in [-0.1, -0.05) is 0 Å². The van der Waals surface area contributed by atoms with Crippen LogP contribution in [0.4, 0.5) is 10.7 Å². The number of amides is 2. The molecule has 2 aromatic rings. The van der Waals surface area contributed by atoms with Crippen molar-refractivity contribution in [2.75, 3.05) is 10.6 Å². The lowest BCUT2D eigenvalue weighted by atomic mass is 10.4. The van der Waals surface area contributed by atoms with Gasteiger partial charge in [-0.15, -0.1) is 11.3 Å². The Balaban J connectivity index is 2.00. The minimum absolute atomic E-state index is 0.209. The Morgan fingerprint density at radius 3 is 2.76 bits per heavy atom. The maximum atomic E-state index is 12.0. The first kappa shape index (κ1) is 14.7. The molecule has 0 atom stereocenters. The molecule has 0 fully saturated rings. The lowest BCUT2D eigenvalue weighted by Gasteiger charge is -1.99. The molecule has 0 bridgehead atoms. The zero-order chi connectivity index (χ0) is 15.4. The van der Waals surface area contributed by atoms with Crippen molar-refractivity contribution in [3.8, 4) is 0 Å². The number of carboxylic acids is 1. The topological polar surface area (TPSA) is 113 Å². The molecule has 3 N–H and O–H groups in total. The summed E-state index contributed by atoms with van der Waals surface area (Å²) in [7, 11) is 0. The average Bonchev–Trinajstić information content (AvgIpc) is 2.97. The van der Waals surface area contributed by atoms with Gasteiger partial charge in [0, 0.05) is 13.1 Å². The monoisotopic (exact) mass is 308 g/mol. The van der Waals surface area contributed by atoms with Crippen molar-refractivity contribution in [2.45, 2.75) is 13.5 Å². The summed E-state index contributed by atoms with van der Waals surface area (Å²) in [5, 5.41) is 18.2. The number of rotatable bonds is 5. The van der Waals surface area contributed by atoms with Gasteiger partial charge in [0.1, 0.15) is 6.54 Å². The second-order valence-corrected chi connectivity index (χ2v) is 5.20. The summed E-state index contributed by atoms with van der Waals surface area (Å²) in [6.07, 6.45) is 2.79. The predicted molar refractivity (Wildman–Crippen MR) is 76.4 cm³/mol. The van der Waals surface area contributed by atoms with Gasteiger partial charge < -0.3 is 15.7 Å². The Hall–Kier alpha value is -2.68. The average molecular weight is 308 g/mol. The number of hydrogen-bond acceptors (Lipinski definition) is 5. The van der Waals surface area contributed by atoms with Crippen molar-refractivity contribution in [3.05, 3.63) is 29.4 Å². The van der Waals surface area contributed by atoms with E-state index < -0.39 is 5.97 Å². The molecule has 0 aliphatic heterocycles. The van der Waals surface area contributed by atoms with Crippen LogP contribution in [-0.4, -0.2) is 32.7 Å². The Morgan fingerprint density at radius 2 is 2.10 bits per heavy atom. The molecular weight excluding hydrogens is 296 g/mol. The second-order valence-electron chi connectivity index (χ2n) is 4.12. The quantitative estimate of drug-likeness (QED) is 0.769. The van der Waals surface area contributed by atoms with Crippen molar-refractivity contribution in [1.82, 2.24) is 9.78 Å². The summed E-state index contributed by atoms with van der Waals surface area (Å²) in [6, 6.07) is 3.22. The van der Waals surface area contributed by atoms with Gasteiger partial charge in [0.05, 0.1) is 21.8 Å². The van der Waals surface area contributed by atoms with E-state index in [-0.39, 0.29) is 18.4 Å². The van der Waals surface area contributed by atoms with Crippen LogP contribution in [0.15, 0.2) is 24.5 Å². The largest absolute Gasteiger partial charge is 0.480 e. The van der Waals surface area contributed by atoms with Gasteiger partial charge in [-0.25, -0.2) is 0 Å². The first-order valence-electron chi connectivity index (χ1n) is 5.87. The SMILES string of the molecule is CC(=O)Nc1ccc(C(=O)Nc2cnn(CC(=O)O)c2)s1. The fourth-order valence-corrected chi connectivity index (χ4v) is 2.39. The highest BCUT2D eigenvalue weighted by Crippen LogP contribution is 2.22. The van der Waals surface area contributed by atoms with Crippen molar-refractivity contribution < 1.29 is 19.5 Å². The Kier molecular flexibility index (Phi) is 4.33. The summed E-state index contributed by atoms with van der Waals surface area (Å²) < 4.78 is 1.20. The van der Waals surface area contributed by atoms with Crippen LogP contribution in [0.2, 0.25) is 0 Å². The summed E-state index contributed by atoms with van der Waals surface area (Å²) in [4.78, 5) is 33.8. The van der Waals surface area contributed by atoms with Gasteiger partial charge in [0.15, 0.2) is 0 Å². The molecule has 0 aliphatic rings. The molecule has 0 radical (unpaired) electrons. The number of aliphatic carboxylic acids is 1. The zero-order valence-corrected chi connectivity index (χ0v) is 11.8. The molecule has 0 aromatic carbocycles. The highest BCUT2D eigenvalue weighted by molar-refractivity contribution is 7.18. The molecule has 2 amide bonds. The van der Waals surface area contributed by atoms with Crippen LogP contribution in [0.3, 0.4) is 0 Å². The summed E-state index contributed by atoms with van der Waals surface area (Å²) in [5.41, 5.74) is 0.399. The predicted octanol–water partition coefficient (Wildman–Crippen LogP) is 1.24. The summed E-state index contributed by atoms with van der Waals surface area (Å²) in [5.74, 6) is -1.58. The molecule has 2 aromatic heterocycles. The summed E-state index contributed by atoms with van der Waals surface area (Å²) in [6.45, 7) is 1.11. The minimum atomic E-state index is -1.02. The number of carbonyl (C=O) groups excluding carboxylic acids is 2. The van der Waals surface area contributed by atoms with Crippen molar-refractivity contribution in [1.29, 1.82) is 0 Å². The number of nitrogens with zero attached hydrogens (tertiary/aromatic N) is 2. The van der Waals surface area contributed by atoms with E-state index >= 15 is 0 Å². The number of hydrogen-bond donors (Lipinski definition) is 3. The first-order chi connectivity index (χ1) is 9.94. The van der Waals surface area contributed by atoms with E-state index in [2.05, 4.69) is 15.7 Å². The molecule has 0 unspecified atom stereocenters. The van der Waals surface area contributed by atoms with Gasteiger partial charge in [-0.3, -0.25) is 19.1 Å². The molecule has 2 rings (SSSR count). The number of anilines is 2. The molecule has 0 saturated carbocycles. The summed E-state index contributed by atoms with van der Waals surface area (Å²) >= 11 is 1.14. The number of carbonyl (C=O) groups is 3. The number of carboxylic acid groups (broad SMARTS) is 1. The van der Waals surface area contributed by atoms with Crippen molar-refractivity contribution >= 4 is 39.8 Å². The lowest BCUT2D eigenvalue weighted by molar-refractivity contribution is -0.137. The fourth-order valence-electron chi connectivity index (χ4n) is 1.55. The van der Waals surface area contributed by atoms with Crippen LogP contribution in [-0.2, 0) is 16.1 Å². The third-order valence-corrected chi connectivity index (χ3v) is 3.32. The van der Waals surface area contributed by atoms with Crippen LogP contribution in [0.5, 0.6) is 0 Å². The molecule has 2 heterocycles. The zero-order valence-electron chi connectivity index (χ0n) is 11.0. The number of nitrogens with one attached hydrogen (secondary N) is 2. The Bertz CT molecular complexity index is 691. The minimum Gasteiger partial charge on any atom is -0.480 e. The lowest BCUT2D eigenvalue weighted by Crippen LogP contribution is -2.10. The third kappa shape index (κ3) is 4.14. The van der Waals surface area contributed by atoms with Gasteiger partial charge in [-0.2, -0.15) is 5.10 Å². The smallest absolute Gasteiger partial charge is 0.325 e. The maximum Gasteiger partial charge on any atom is 0.325 e. The van der Waals surface area contributed by atoms with Crippen molar-refractivity contribution in [3.63, 3.8) is 0 Å². The van der Waals surface area contributed by atoms with Gasteiger partial charge in [-0.05, 0) is 12.1 Å². The molecule has 8 nitrogen and oxygen atoms in total. The van der Waals surface area contributed by atoms with Crippen LogP contribution in [0.25, 0.3) is 0 Å². The van der Waals surface area contributed by atoms with E-state index in [1.807, 2.05) is 0 Å².